The van der Waals surface area contributed by atoms with Gasteiger partial charge in [0.2, 0.25) is 11.1 Å². The summed E-state index contributed by atoms with van der Waals surface area (Å²) in [7, 11) is 1.58. The second-order valence-electron chi connectivity index (χ2n) is 5.34. The van der Waals surface area contributed by atoms with Crippen LogP contribution in [-0.4, -0.2) is 52.1 Å². The van der Waals surface area contributed by atoms with E-state index in [4.69, 9.17) is 13.9 Å². The van der Waals surface area contributed by atoms with Gasteiger partial charge in [-0.15, -0.1) is 5.10 Å². The first-order valence-electron chi connectivity index (χ1n) is 8.20. The molecule has 0 aliphatic rings. The van der Waals surface area contributed by atoms with Crippen LogP contribution in [0.1, 0.15) is 5.76 Å². The number of hydrogen-bond donors (Lipinski definition) is 1. The number of ether oxygens (including phenoxy) is 2. The SMILES string of the molecule is COc1ccccc1OCCNC(=O)CSc1nnnn1Cc1ccco1. The highest BCUT2D eigenvalue weighted by molar-refractivity contribution is 7.99. The van der Waals surface area contributed by atoms with Gasteiger partial charge in [-0.25, -0.2) is 4.68 Å². The number of carbonyl (C=O) groups excluding carboxylic acids is 1. The van der Waals surface area contributed by atoms with Crippen LogP contribution in [0.25, 0.3) is 0 Å². The van der Waals surface area contributed by atoms with Crippen molar-refractivity contribution in [2.24, 2.45) is 0 Å². The van der Waals surface area contributed by atoms with E-state index in [1.807, 2.05) is 30.3 Å². The monoisotopic (exact) mass is 389 g/mol. The molecule has 0 saturated heterocycles. The van der Waals surface area contributed by atoms with Crippen molar-refractivity contribution in [3.8, 4) is 11.5 Å². The number of tetrazole rings is 1. The predicted molar refractivity (Wildman–Crippen MR) is 97.8 cm³/mol. The lowest BCUT2D eigenvalue weighted by Crippen LogP contribution is -2.29. The summed E-state index contributed by atoms with van der Waals surface area (Å²) in [6, 6.07) is 11.0. The van der Waals surface area contributed by atoms with Gasteiger partial charge in [0.05, 0.1) is 25.7 Å². The van der Waals surface area contributed by atoms with Crippen LogP contribution in [0.5, 0.6) is 11.5 Å². The Morgan fingerprint density at radius 2 is 2.11 bits per heavy atom. The Kier molecular flexibility index (Phi) is 6.69. The number of rotatable bonds is 10. The first-order chi connectivity index (χ1) is 13.3. The zero-order valence-electron chi connectivity index (χ0n) is 14.7. The zero-order chi connectivity index (χ0) is 18.9. The van der Waals surface area contributed by atoms with E-state index in [-0.39, 0.29) is 11.7 Å². The molecule has 3 rings (SSSR count). The summed E-state index contributed by atoms with van der Waals surface area (Å²) in [6.45, 7) is 1.14. The summed E-state index contributed by atoms with van der Waals surface area (Å²) < 4.78 is 17.7. The average molecular weight is 389 g/mol. The molecule has 2 heterocycles. The first kappa shape index (κ1) is 18.8. The molecule has 1 amide bonds. The topological polar surface area (TPSA) is 104 Å². The van der Waals surface area contributed by atoms with Crippen LogP contribution in [0.3, 0.4) is 0 Å². The van der Waals surface area contributed by atoms with Crippen LogP contribution in [0.2, 0.25) is 0 Å². The fraction of sp³-hybridized carbons (Fsp3) is 0.294. The molecule has 0 fully saturated rings. The molecular formula is C17H19N5O4S. The summed E-state index contributed by atoms with van der Waals surface area (Å²) in [4.78, 5) is 12.0. The van der Waals surface area contributed by atoms with Gasteiger partial charge in [-0.3, -0.25) is 4.79 Å². The van der Waals surface area contributed by atoms with Crippen LogP contribution in [0, 0.1) is 0 Å². The van der Waals surface area contributed by atoms with E-state index in [1.165, 1.54) is 11.8 Å². The Morgan fingerprint density at radius 3 is 2.89 bits per heavy atom. The number of aromatic nitrogens is 4. The lowest BCUT2D eigenvalue weighted by atomic mass is 10.3. The van der Waals surface area contributed by atoms with E-state index >= 15 is 0 Å². The summed E-state index contributed by atoms with van der Waals surface area (Å²) >= 11 is 1.26. The molecule has 0 aliphatic heterocycles. The molecule has 10 heteroatoms. The Bertz CT molecular complexity index is 853. The van der Waals surface area contributed by atoms with Crippen molar-refractivity contribution in [2.45, 2.75) is 11.7 Å². The maximum atomic E-state index is 12.0. The highest BCUT2D eigenvalue weighted by Crippen LogP contribution is 2.25. The Balaban J connectivity index is 1.38. The average Bonchev–Trinajstić information content (AvgIpc) is 3.36. The molecule has 0 spiro atoms. The van der Waals surface area contributed by atoms with E-state index in [2.05, 4.69) is 20.8 Å². The number of methoxy groups -OCH3 is 1. The van der Waals surface area contributed by atoms with Crippen molar-refractivity contribution in [2.75, 3.05) is 26.0 Å². The molecule has 0 atom stereocenters. The molecule has 2 aromatic heterocycles. The molecule has 0 saturated carbocycles. The molecule has 0 unspecified atom stereocenters. The maximum absolute atomic E-state index is 12.0. The van der Waals surface area contributed by atoms with E-state index in [1.54, 1.807) is 24.1 Å². The summed E-state index contributed by atoms with van der Waals surface area (Å²) in [5.41, 5.74) is 0. The van der Waals surface area contributed by atoms with Gasteiger partial charge in [0.25, 0.3) is 0 Å². The minimum atomic E-state index is -0.129. The molecular weight excluding hydrogens is 370 g/mol. The van der Waals surface area contributed by atoms with Crippen molar-refractivity contribution < 1.29 is 18.7 Å². The zero-order valence-corrected chi connectivity index (χ0v) is 15.5. The highest BCUT2D eigenvalue weighted by atomic mass is 32.2. The second kappa shape index (κ2) is 9.62. The number of para-hydroxylation sites is 2. The minimum Gasteiger partial charge on any atom is -0.493 e. The van der Waals surface area contributed by atoms with Gasteiger partial charge >= 0.3 is 0 Å². The lowest BCUT2D eigenvalue weighted by Gasteiger charge is -2.10. The molecule has 0 bridgehead atoms. The van der Waals surface area contributed by atoms with E-state index in [9.17, 15) is 4.79 Å². The summed E-state index contributed by atoms with van der Waals surface area (Å²) in [6.07, 6.45) is 1.59. The normalized spacial score (nSPS) is 10.6. The number of thioether (sulfide) groups is 1. The second-order valence-corrected chi connectivity index (χ2v) is 6.28. The molecule has 3 aromatic rings. The van der Waals surface area contributed by atoms with E-state index in [0.29, 0.717) is 36.4 Å². The smallest absolute Gasteiger partial charge is 0.230 e. The third-order valence-electron chi connectivity index (χ3n) is 3.47. The van der Waals surface area contributed by atoms with Crippen LogP contribution in [-0.2, 0) is 11.3 Å². The molecule has 0 radical (unpaired) electrons. The van der Waals surface area contributed by atoms with Gasteiger partial charge in [-0.1, -0.05) is 23.9 Å². The van der Waals surface area contributed by atoms with Crippen LogP contribution >= 0.6 is 11.8 Å². The molecule has 1 N–H and O–H groups in total. The number of furan rings is 1. The largest absolute Gasteiger partial charge is 0.493 e. The number of hydrogen-bond acceptors (Lipinski definition) is 8. The Labute approximate surface area is 160 Å². The molecule has 9 nitrogen and oxygen atoms in total. The minimum absolute atomic E-state index is 0.129. The predicted octanol–water partition coefficient (Wildman–Crippen LogP) is 1.61. The lowest BCUT2D eigenvalue weighted by molar-refractivity contribution is -0.118. The fourth-order valence-corrected chi connectivity index (χ4v) is 2.93. The number of carbonyl (C=O) groups is 1. The van der Waals surface area contributed by atoms with Gasteiger partial charge in [0.1, 0.15) is 18.9 Å². The van der Waals surface area contributed by atoms with E-state index < -0.39 is 0 Å². The van der Waals surface area contributed by atoms with Gasteiger partial charge in [-0.05, 0) is 34.7 Å². The standard InChI is InChI=1S/C17H19N5O4S/c1-24-14-6-2-3-7-15(14)26-10-8-18-16(23)12-27-17-19-20-21-22(17)11-13-5-4-9-25-13/h2-7,9H,8,10-12H2,1H3,(H,18,23). The molecule has 27 heavy (non-hydrogen) atoms. The number of nitrogens with zero attached hydrogens (tertiary/aromatic N) is 4. The number of nitrogens with one attached hydrogen (secondary N) is 1. The quantitative estimate of drug-likeness (QED) is 0.412. The summed E-state index contributed by atoms with van der Waals surface area (Å²) in [5, 5.41) is 14.8. The Morgan fingerprint density at radius 1 is 1.26 bits per heavy atom. The van der Waals surface area contributed by atoms with Crippen molar-refractivity contribution in [3.63, 3.8) is 0 Å². The van der Waals surface area contributed by atoms with Gasteiger partial charge in [-0.2, -0.15) is 0 Å². The van der Waals surface area contributed by atoms with Crippen molar-refractivity contribution >= 4 is 17.7 Å². The summed E-state index contributed by atoms with van der Waals surface area (Å²) in [5.74, 6) is 2.11. The Hall–Kier alpha value is -3.01. The van der Waals surface area contributed by atoms with Crippen LogP contribution < -0.4 is 14.8 Å². The van der Waals surface area contributed by atoms with Gasteiger partial charge in [0, 0.05) is 0 Å². The third kappa shape index (κ3) is 5.48. The van der Waals surface area contributed by atoms with Crippen molar-refractivity contribution in [1.29, 1.82) is 0 Å². The number of amides is 1. The van der Waals surface area contributed by atoms with Crippen LogP contribution in [0.15, 0.2) is 52.2 Å². The van der Waals surface area contributed by atoms with Crippen molar-refractivity contribution in [1.82, 2.24) is 25.5 Å². The maximum Gasteiger partial charge on any atom is 0.230 e. The van der Waals surface area contributed by atoms with Gasteiger partial charge < -0.3 is 19.2 Å². The number of benzene rings is 1. The van der Waals surface area contributed by atoms with Crippen molar-refractivity contribution in [3.05, 3.63) is 48.4 Å². The highest BCUT2D eigenvalue weighted by Gasteiger charge is 2.11. The molecule has 1 aromatic carbocycles. The molecule has 142 valence electrons. The third-order valence-corrected chi connectivity index (χ3v) is 4.43. The fourth-order valence-electron chi connectivity index (χ4n) is 2.22. The molecule has 0 aliphatic carbocycles. The van der Waals surface area contributed by atoms with Crippen LogP contribution in [0.4, 0.5) is 0 Å². The van der Waals surface area contributed by atoms with E-state index in [0.717, 1.165) is 5.76 Å². The van der Waals surface area contributed by atoms with Gasteiger partial charge in [0.15, 0.2) is 11.5 Å². The first-order valence-corrected chi connectivity index (χ1v) is 9.18.